The molecular formula is C14H21N. The van der Waals surface area contributed by atoms with Gasteiger partial charge in [0.2, 0.25) is 0 Å². The summed E-state index contributed by atoms with van der Waals surface area (Å²) < 4.78 is 0. The Balaban J connectivity index is 2.15. The maximum atomic E-state index is 3.41. The predicted molar refractivity (Wildman–Crippen MR) is 65.1 cm³/mol. The lowest BCUT2D eigenvalue weighted by Gasteiger charge is -2.30. The number of rotatable bonds is 4. The molecule has 0 spiro atoms. The smallest absolute Gasteiger partial charge is 0.0130 e. The first-order valence-corrected chi connectivity index (χ1v) is 5.82. The Morgan fingerprint density at radius 1 is 1.20 bits per heavy atom. The third-order valence-electron chi connectivity index (χ3n) is 3.70. The number of nitrogens with one attached hydrogen (secondary N) is 1. The molecule has 1 nitrogen and oxygen atoms in total. The Morgan fingerprint density at radius 3 is 2.27 bits per heavy atom. The molecule has 0 atom stereocenters. The molecule has 1 aliphatic carbocycles. The molecule has 1 aromatic rings. The molecule has 15 heavy (non-hydrogen) atoms. The molecular weight excluding hydrogens is 182 g/mol. The van der Waals surface area contributed by atoms with Crippen molar-refractivity contribution in [2.75, 3.05) is 7.05 Å². The van der Waals surface area contributed by atoms with E-state index in [0.717, 1.165) is 0 Å². The van der Waals surface area contributed by atoms with Gasteiger partial charge in [0, 0.05) is 5.54 Å². The number of benzene rings is 1. The van der Waals surface area contributed by atoms with Gasteiger partial charge in [-0.3, -0.25) is 0 Å². The van der Waals surface area contributed by atoms with Gasteiger partial charge in [0.25, 0.3) is 0 Å². The van der Waals surface area contributed by atoms with Crippen molar-refractivity contribution >= 4 is 0 Å². The minimum atomic E-state index is 0.242. The summed E-state index contributed by atoms with van der Waals surface area (Å²) >= 11 is 0. The number of hydrogen-bond donors (Lipinski definition) is 1. The second-order valence-electron chi connectivity index (χ2n) is 5.46. The highest BCUT2D eigenvalue weighted by Crippen LogP contribution is 2.53. The topological polar surface area (TPSA) is 12.0 Å². The van der Waals surface area contributed by atoms with Crippen LogP contribution in [0.15, 0.2) is 30.3 Å². The van der Waals surface area contributed by atoms with E-state index in [1.807, 2.05) is 0 Å². The van der Waals surface area contributed by atoms with E-state index in [4.69, 9.17) is 0 Å². The van der Waals surface area contributed by atoms with Crippen molar-refractivity contribution in [1.29, 1.82) is 0 Å². The highest BCUT2D eigenvalue weighted by atomic mass is 14.9. The summed E-state index contributed by atoms with van der Waals surface area (Å²) in [5.41, 5.74) is 2.23. The minimum absolute atomic E-state index is 0.242. The zero-order chi connectivity index (χ0) is 10.9. The van der Waals surface area contributed by atoms with Crippen LogP contribution in [0.2, 0.25) is 0 Å². The molecule has 82 valence electrons. The standard InChI is InChI=1S/C14H21N/c1-13(2,15-3)11-14(9-10-14)12-7-5-4-6-8-12/h4-8,15H,9-11H2,1-3H3. The van der Waals surface area contributed by atoms with Crippen LogP contribution < -0.4 is 5.32 Å². The van der Waals surface area contributed by atoms with Gasteiger partial charge in [-0.05, 0) is 51.1 Å². The molecule has 0 aliphatic heterocycles. The van der Waals surface area contributed by atoms with E-state index in [9.17, 15) is 0 Å². The van der Waals surface area contributed by atoms with Crippen LogP contribution in [-0.2, 0) is 5.41 Å². The van der Waals surface area contributed by atoms with Crippen molar-refractivity contribution in [2.45, 2.75) is 44.1 Å². The van der Waals surface area contributed by atoms with Crippen LogP contribution in [0, 0.1) is 0 Å². The second kappa shape index (κ2) is 3.64. The van der Waals surface area contributed by atoms with Crippen LogP contribution in [-0.4, -0.2) is 12.6 Å². The molecule has 1 saturated carbocycles. The third-order valence-corrected chi connectivity index (χ3v) is 3.70. The van der Waals surface area contributed by atoms with Gasteiger partial charge in [-0.1, -0.05) is 30.3 Å². The van der Waals surface area contributed by atoms with E-state index in [1.165, 1.54) is 24.8 Å². The molecule has 1 fully saturated rings. The van der Waals surface area contributed by atoms with Crippen molar-refractivity contribution in [1.82, 2.24) is 5.32 Å². The largest absolute Gasteiger partial charge is 0.315 e. The van der Waals surface area contributed by atoms with Crippen LogP contribution in [0.4, 0.5) is 0 Å². The Morgan fingerprint density at radius 2 is 1.80 bits per heavy atom. The summed E-state index contributed by atoms with van der Waals surface area (Å²) in [5.74, 6) is 0. The maximum absolute atomic E-state index is 3.41. The van der Waals surface area contributed by atoms with Crippen LogP contribution in [0.25, 0.3) is 0 Å². The summed E-state index contributed by atoms with van der Waals surface area (Å²) in [5, 5.41) is 3.41. The molecule has 0 amide bonds. The lowest BCUT2D eigenvalue weighted by atomic mass is 9.83. The minimum Gasteiger partial charge on any atom is -0.315 e. The fourth-order valence-electron chi connectivity index (χ4n) is 2.44. The van der Waals surface area contributed by atoms with Crippen molar-refractivity contribution < 1.29 is 0 Å². The lowest BCUT2D eigenvalue weighted by Crippen LogP contribution is -2.39. The molecule has 0 bridgehead atoms. The van der Waals surface area contributed by atoms with E-state index < -0.39 is 0 Å². The quantitative estimate of drug-likeness (QED) is 0.793. The molecule has 0 heterocycles. The zero-order valence-electron chi connectivity index (χ0n) is 10.0. The zero-order valence-corrected chi connectivity index (χ0v) is 10.0. The van der Waals surface area contributed by atoms with Crippen LogP contribution in [0.3, 0.4) is 0 Å². The van der Waals surface area contributed by atoms with E-state index in [1.54, 1.807) is 0 Å². The first kappa shape index (κ1) is 10.7. The third kappa shape index (κ3) is 2.23. The van der Waals surface area contributed by atoms with Crippen LogP contribution >= 0.6 is 0 Å². The van der Waals surface area contributed by atoms with Gasteiger partial charge in [-0.25, -0.2) is 0 Å². The molecule has 2 rings (SSSR count). The van der Waals surface area contributed by atoms with E-state index in [-0.39, 0.29) is 5.54 Å². The highest BCUT2D eigenvalue weighted by molar-refractivity contribution is 5.31. The Bertz CT molecular complexity index is 322. The highest BCUT2D eigenvalue weighted by Gasteiger charge is 2.46. The SMILES string of the molecule is CNC(C)(C)CC1(c2ccccc2)CC1. The van der Waals surface area contributed by atoms with Crippen molar-refractivity contribution in [2.24, 2.45) is 0 Å². The van der Waals surface area contributed by atoms with E-state index in [2.05, 4.69) is 56.5 Å². The fourth-order valence-corrected chi connectivity index (χ4v) is 2.44. The van der Waals surface area contributed by atoms with Crippen LogP contribution in [0.5, 0.6) is 0 Å². The van der Waals surface area contributed by atoms with Gasteiger partial charge in [0.15, 0.2) is 0 Å². The first-order valence-electron chi connectivity index (χ1n) is 5.82. The van der Waals surface area contributed by atoms with Gasteiger partial charge in [-0.15, -0.1) is 0 Å². The van der Waals surface area contributed by atoms with Crippen LogP contribution in [0.1, 0.15) is 38.7 Å². The summed E-state index contributed by atoms with van der Waals surface area (Å²) in [6.45, 7) is 4.58. The molecule has 0 unspecified atom stereocenters. The van der Waals surface area contributed by atoms with E-state index >= 15 is 0 Å². The van der Waals surface area contributed by atoms with Gasteiger partial charge in [-0.2, -0.15) is 0 Å². The molecule has 0 radical (unpaired) electrons. The lowest BCUT2D eigenvalue weighted by molar-refractivity contribution is 0.348. The monoisotopic (exact) mass is 203 g/mol. The molecule has 1 heteroatoms. The van der Waals surface area contributed by atoms with Gasteiger partial charge < -0.3 is 5.32 Å². The Kier molecular flexibility index (Phi) is 2.59. The van der Waals surface area contributed by atoms with Crippen molar-refractivity contribution in [3.63, 3.8) is 0 Å². The molecule has 1 aromatic carbocycles. The van der Waals surface area contributed by atoms with Gasteiger partial charge in [0.1, 0.15) is 0 Å². The maximum Gasteiger partial charge on any atom is 0.0130 e. The van der Waals surface area contributed by atoms with Gasteiger partial charge in [0.05, 0.1) is 0 Å². The summed E-state index contributed by atoms with van der Waals surface area (Å²) in [6.07, 6.45) is 3.94. The normalized spacial score (nSPS) is 18.9. The molecule has 1 N–H and O–H groups in total. The van der Waals surface area contributed by atoms with E-state index in [0.29, 0.717) is 5.41 Å². The average Bonchev–Trinajstić information content (AvgIpc) is 3.00. The Labute approximate surface area is 92.9 Å². The second-order valence-corrected chi connectivity index (χ2v) is 5.46. The summed E-state index contributed by atoms with van der Waals surface area (Å²) in [7, 11) is 2.06. The molecule has 1 aliphatic rings. The summed E-state index contributed by atoms with van der Waals surface area (Å²) in [6, 6.07) is 11.0. The fraction of sp³-hybridized carbons (Fsp3) is 0.571. The average molecular weight is 203 g/mol. The summed E-state index contributed by atoms with van der Waals surface area (Å²) in [4.78, 5) is 0. The van der Waals surface area contributed by atoms with Crippen molar-refractivity contribution in [3.05, 3.63) is 35.9 Å². The number of hydrogen-bond acceptors (Lipinski definition) is 1. The van der Waals surface area contributed by atoms with Crippen molar-refractivity contribution in [3.8, 4) is 0 Å². The molecule has 0 saturated heterocycles. The Hall–Kier alpha value is -0.820. The van der Waals surface area contributed by atoms with Gasteiger partial charge >= 0.3 is 0 Å². The molecule has 0 aromatic heterocycles. The first-order chi connectivity index (χ1) is 7.08. The predicted octanol–water partition coefficient (Wildman–Crippen LogP) is 3.11.